The van der Waals surface area contributed by atoms with Gasteiger partial charge in [0.15, 0.2) is 5.78 Å². The van der Waals surface area contributed by atoms with Crippen molar-refractivity contribution in [3.8, 4) is 11.5 Å². The van der Waals surface area contributed by atoms with E-state index in [-0.39, 0.29) is 5.78 Å². The third kappa shape index (κ3) is 1.95. The summed E-state index contributed by atoms with van der Waals surface area (Å²) in [5.74, 6) is -0.457. The second-order valence-corrected chi connectivity index (χ2v) is 4.69. The quantitative estimate of drug-likeness (QED) is 0.651. The lowest BCUT2D eigenvalue weighted by Gasteiger charge is -2.16. The Kier molecular flexibility index (Phi) is 3.22. The summed E-state index contributed by atoms with van der Waals surface area (Å²) in [5.41, 5.74) is -0.258. The molecule has 5 heteroatoms. The summed E-state index contributed by atoms with van der Waals surface area (Å²) in [6, 6.07) is 3.22. The van der Waals surface area contributed by atoms with Crippen molar-refractivity contribution in [3.63, 3.8) is 0 Å². The Morgan fingerprint density at radius 1 is 1.21 bits per heavy atom. The molecule has 0 heterocycles. The van der Waals surface area contributed by atoms with Gasteiger partial charge >= 0.3 is 5.97 Å². The van der Waals surface area contributed by atoms with E-state index < -0.39 is 11.4 Å². The van der Waals surface area contributed by atoms with E-state index in [4.69, 9.17) is 9.47 Å². The van der Waals surface area contributed by atoms with Gasteiger partial charge in [-0.05, 0) is 31.9 Å². The second-order valence-electron chi connectivity index (χ2n) is 4.69. The van der Waals surface area contributed by atoms with E-state index in [2.05, 4.69) is 0 Å². The number of methoxy groups -OCH3 is 2. The molecule has 0 spiro atoms. The average Bonchev–Trinajstić information content (AvgIpc) is 3.19. The number of rotatable bonds is 5. The number of hydrogen-bond acceptors (Lipinski definition) is 4. The van der Waals surface area contributed by atoms with Gasteiger partial charge in [-0.25, -0.2) is 0 Å². The van der Waals surface area contributed by atoms with Gasteiger partial charge in [0.2, 0.25) is 0 Å². The third-order valence-electron chi connectivity index (χ3n) is 3.62. The highest BCUT2D eigenvalue weighted by Crippen LogP contribution is 2.50. The molecule has 0 atom stereocenters. The van der Waals surface area contributed by atoms with E-state index in [1.807, 2.05) is 0 Å². The molecule has 1 aliphatic carbocycles. The molecule has 102 valence electrons. The van der Waals surface area contributed by atoms with Crippen molar-refractivity contribution in [3.05, 3.63) is 23.3 Å². The maximum atomic E-state index is 12.4. The van der Waals surface area contributed by atoms with E-state index in [9.17, 15) is 14.7 Å². The monoisotopic (exact) mass is 264 g/mol. The lowest BCUT2D eigenvalue weighted by atomic mass is 9.93. The highest BCUT2D eigenvalue weighted by Gasteiger charge is 2.57. The molecule has 0 saturated heterocycles. The van der Waals surface area contributed by atoms with Crippen LogP contribution < -0.4 is 9.47 Å². The van der Waals surface area contributed by atoms with Crippen molar-refractivity contribution >= 4 is 11.8 Å². The van der Waals surface area contributed by atoms with Crippen LogP contribution in [0.3, 0.4) is 0 Å². The Balaban J connectivity index is 2.49. The number of carbonyl (C=O) groups is 2. The zero-order valence-electron chi connectivity index (χ0n) is 11.1. The van der Waals surface area contributed by atoms with E-state index in [1.54, 1.807) is 19.1 Å². The summed E-state index contributed by atoms with van der Waals surface area (Å²) in [7, 11) is 2.99. The van der Waals surface area contributed by atoms with E-state index in [1.165, 1.54) is 14.2 Å². The van der Waals surface area contributed by atoms with Crippen LogP contribution in [-0.4, -0.2) is 31.1 Å². The highest BCUT2D eigenvalue weighted by atomic mass is 16.5. The number of ether oxygens (including phenoxy) is 2. The Hall–Kier alpha value is -2.04. The van der Waals surface area contributed by atoms with Crippen molar-refractivity contribution in [2.24, 2.45) is 5.41 Å². The summed E-state index contributed by atoms with van der Waals surface area (Å²) in [4.78, 5) is 23.6. The minimum Gasteiger partial charge on any atom is -0.496 e. The first-order valence-electron chi connectivity index (χ1n) is 5.97. The molecule has 0 bridgehead atoms. The molecule has 1 aromatic rings. The number of aliphatic carboxylic acids is 1. The number of carbonyl (C=O) groups excluding carboxylic acids is 1. The molecular formula is C14H16O5. The SMILES string of the molecule is COc1ccc(C(=O)C2(C(=O)O)CC2)c(OC)c1C. The zero-order chi connectivity index (χ0) is 14.2. The van der Waals surface area contributed by atoms with Gasteiger partial charge in [0.1, 0.15) is 16.9 Å². The molecule has 0 unspecified atom stereocenters. The Morgan fingerprint density at radius 3 is 2.26 bits per heavy atom. The Bertz CT molecular complexity index is 543. The fraction of sp³-hybridized carbons (Fsp3) is 0.429. The van der Waals surface area contributed by atoms with Gasteiger partial charge in [0.25, 0.3) is 0 Å². The Morgan fingerprint density at radius 2 is 1.84 bits per heavy atom. The van der Waals surface area contributed by atoms with Crippen LogP contribution >= 0.6 is 0 Å². The zero-order valence-corrected chi connectivity index (χ0v) is 11.1. The lowest BCUT2D eigenvalue weighted by Crippen LogP contribution is -2.26. The number of carboxylic acid groups (broad SMARTS) is 1. The van der Waals surface area contributed by atoms with Crippen LogP contribution in [0.5, 0.6) is 11.5 Å². The summed E-state index contributed by atoms with van der Waals surface area (Å²) < 4.78 is 10.4. The smallest absolute Gasteiger partial charge is 0.317 e. The molecule has 1 aromatic carbocycles. The third-order valence-corrected chi connectivity index (χ3v) is 3.62. The number of hydrogen-bond donors (Lipinski definition) is 1. The first-order valence-corrected chi connectivity index (χ1v) is 5.97. The molecule has 0 radical (unpaired) electrons. The normalized spacial score (nSPS) is 15.7. The predicted octanol–water partition coefficient (Wildman–Crippen LogP) is 2.06. The molecule has 1 saturated carbocycles. The number of ketones is 1. The van der Waals surface area contributed by atoms with Gasteiger partial charge in [-0.15, -0.1) is 0 Å². The number of Topliss-reactive ketones (excluding diaryl/α,β-unsaturated/α-hetero) is 1. The minimum absolute atomic E-state index is 0.306. The standard InChI is InChI=1S/C14H16O5/c1-8-10(18-2)5-4-9(11(8)19-3)12(15)14(6-7-14)13(16)17/h4-5H,6-7H2,1-3H3,(H,16,17). The van der Waals surface area contributed by atoms with Gasteiger partial charge in [-0.1, -0.05) is 0 Å². The number of carboxylic acids is 1. The van der Waals surface area contributed by atoms with E-state index in [0.29, 0.717) is 35.5 Å². The molecular weight excluding hydrogens is 248 g/mol. The first kappa shape index (κ1) is 13.4. The van der Waals surface area contributed by atoms with Crippen molar-refractivity contribution in [2.75, 3.05) is 14.2 Å². The van der Waals surface area contributed by atoms with Crippen LogP contribution in [0.4, 0.5) is 0 Å². The van der Waals surface area contributed by atoms with Crippen LogP contribution in [0, 0.1) is 12.3 Å². The van der Waals surface area contributed by atoms with Gasteiger partial charge in [-0.2, -0.15) is 0 Å². The van der Waals surface area contributed by atoms with Gasteiger partial charge in [0.05, 0.1) is 19.8 Å². The number of benzene rings is 1. The predicted molar refractivity (Wildman–Crippen MR) is 67.9 cm³/mol. The molecule has 1 aliphatic rings. The molecule has 0 aliphatic heterocycles. The van der Waals surface area contributed by atoms with Crippen LogP contribution in [0.2, 0.25) is 0 Å². The summed E-state index contributed by atoms with van der Waals surface area (Å²) in [5, 5.41) is 9.18. The van der Waals surface area contributed by atoms with Crippen molar-refractivity contribution < 1.29 is 24.2 Å². The van der Waals surface area contributed by atoms with Gasteiger partial charge < -0.3 is 14.6 Å². The van der Waals surface area contributed by atoms with Crippen LogP contribution in [0.15, 0.2) is 12.1 Å². The maximum absolute atomic E-state index is 12.4. The van der Waals surface area contributed by atoms with Crippen molar-refractivity contribution in [1.82, 2.24) is 0 Å². The Labute approximate surface area is 111 Å². The lowest BCUT2D eigenvalue weighted by molar-refractivity contribution is -0.141. The minimum atomic E-state index is -1.26. The molecule has 0 aromatic heterocycles. The highest BCUT2D eigenvalue weighted by molar-refractivity contribution is 6.15. The molecule has 0 amide bonds. The molecule has 1 N–H and O–H groups in total. The topological polar surface area (TPSA) is 72.8 Å². The van der Waals surface area contributed by atoms with E-state index in [0.717, 1.165) is 0 Å². The molecule has 1 fully saturated rings. The largest absolute Gasteiger partial charge is 0.496 e. The van der Waals surface area contributed by atoms with Crippen LogP contribution in [-0.2, 0) is 4.79 Å². The van der Waals surface area contributed by atoms with Gasteiger partial charge in [-0.3, -0.25) is 9.59 Å². The van der Waals surface area contributed by atoms with Crippen LogP contribution in [0.25, 0.3) is 0 Å². The van der Waals surface area contributed by atoms with E-state index >= 15 is 0 Å². The molecule has 2 rings (SSSR count). The van der Waals surface area contributed by atoms with Crippen molar-refractivity contribution in [1.29, 1.82) is 0 Å². The summed E-state index contributed by atoms with van der Waals surface area (Å²) in [6.07, 6.45) is 0.769. The fourth-order valence-electron chi connectivity index (χ4n) is 2.26. The molecule has 5 nitrogen and oxygen atoms in total. The second kappa shape index (κ2) is 4.57. The summed E-state index contributed by atoms with van der Waals surface area (Å²) in [6.45, 7) is 1.77. The summed E-state index contributed by atoms with van der Waals surface area (Å²) >= 11 is 0. The van der Waals surface area contributed by atoms with Crippen molar-refractivity contribution in [2.45, 2.75) is 19.8 Å². The van der Waals surface area contributed by atoms with Crippen LogP contribution in [0.1, 0.15) is 28.8 Å². The average molecular weight is 264 g/mol. The fourth-order valence-corrected chi connectivity index (χ4v) is 2.26. The molecule has 19 heavy (non-hydrogen) atoms. The van der Waals surface area contributed by atoms with Gasteiger partial charge in [0, 0.05) is 5.56 Å². The maximum Gasteiger partial charge on any atom is 0.317 e. The first-order chi connectivity index (χ1) is 8.97.